The van der Waals surface area contributed by atoms with Crippen LogP contribution in [0.4, 0.5) is 0 Å². The smallest absolute Gasteiger partial charge is 0.462 e. The van der Waals surface area contributed by atoms with E-state index in [9.17, 15) is 19.0 Å². The second-order valence-corrected chi connectivity index (χ2v) is 20.0. The molecule has 0 bridgehead atoms. The Morgan fingerprint density at radius 3 is 1.34 bits per heavy atom. The van der Waals surface area contributed by atoms with Crippen LogP contribution in [-0.2, 0) is 32.7 Å². The average Bonchev–Trinajstić information content (AvgIpc) is 3.21. The molecule has 2 atom stereocenters. The van der Waals surface area contributed by atoms with Gasteiger partial charge in [0.1, 0.15) is 19.8 Å². The van der Waals surface area contributed by atoms with Crippen molar-refractivity contribution in [3.8, 4) is 0 Å². The summed E-state index contributed by atoms with van der Waals surface area (Å²) in [5.74, 6) is -0.839. The Labute approximate surface area is 377 Å². The second kappa shape index (κ2) is 43.7. The van der Waals surface area contributed by atoms with E-state index >= 15 is 0 Å². The van der Waals surface area contributed by atoms with Crippen molar-refractivity contribution in [2.24, 2.45) is 0 Å². The van der Waals surface area contributed by atoms with Gasteiger partial charge in [-0.15, -0.1) is 0 Å². The summed E-state index contributed by atoms with van der Waals surface area (Å²) in [5.41, 5.74) is 0. The number of nitrogens with zero attached hydrogens (tertiary/aromatic N) is 1. The number of hydrogen-bond donors (Lipinski definition) is 1. The molecule has 10 heteroatoms. The maximum absolute atomic E-state index is 12.7. The zero-order valence-electron chi connectivity index (χ0n) is 40.7. The van der Waals surface area contributed by atoms with Gasteiger partial charge >= 0.3 is 19.8 Å². The summed E-state index contributed by atoms with van der Waals surface area (Å²) in [5, 5.41) is 0. The number of phosphoric ester groups is 1. The number of unbranched alkanes of at least 4 members (excludes halogenated alkanes) is 29. The number of esters is 2. The topological polar surface area (TPSA) is 108 Å². The van der Waals surface area contributed by atoms with Crippen molar-refractivity contribution in [1.29, 1.82) is 0 Å². The summed E-state index contributed by atoms with van der Waals surface area (Å²) in [7, 11) is 1.46. The molecule has 0 heterocycles. The monoisotopic (exact) mass is 885 g/mol. The molecule has 0 aliphatic heterocycles. The van der Waals surface area contributed by atoms with Crippen molar-refractivity contribution in [3.05, 3.63) is 24.3 Å². The first-order valence-electron chi connectivity index (χ1n) is 25.6. The molecule has 0 saturated heterocycles. The van der Waals surface area contributed by atoms with E-state index in [1.807, 2.05) is 21.1 Å². The maximum atomic E-state index is 12.7. The molecule has 1 unspecified atom stereocenters. The number of carbonyl (C=O) groups is 2. The van der Waals surface area contributed by atoms with Gasteiger partial charge in [0.25, 0.3) is 0 Å². The van der Waals surface area contributed by atoms with Gasteiger partial charge in [-0.1, -0.05) is 212 Å². The summed E-state index contributed by atoms with van der Waals surface area (Å²) in [6.07, 6.45) is 49.6. The third-order valence-corrected chi connectivity index (χ3v) is 12.2. The van der Waals surface area contributed by atoms with Crippen molar-refractivity contribution < 1.29 is 42.1 Å². The molecule has 0 amide bonds. The molecule has 1 N–H and O–H groups in total. The van der Waals surface area contributed by atoms with Gasteiger partial charge in [0, 0.05) is 12.8 Å². The minimum absolute atomic E-state index is 0.0266. The van der Waals surface area contributed by atoms with Gasteiger partial charge in [-0.05, 0) is 38.5 Å². The highest BCUT2D eigenvalue weighted by molar-refractivity contribution is 7.47. The number of likely N-dealkylation sites (N-methyl/N-ethyl adjacent to an activating group) is 1. The van der Waals surface area contributed by atoms with Crippen molar-refractivity contribution >= 4 is 19.8 Å². The zero-order valence-corrected chi connectivity index (χ0v) is 41.6. The Balaban J connectivity index is 4.27. The van der Waals surface area contributed by atoms with Crippen LogP contribution in [0.3, 0.4) is 0 Å². The molecule has 0 aliphatic rings. The minimum atomic E-state index is -4.39. The standard InChI is InChI=1S/C51H98NO8P/c1-6-8-10-12-14-16-18-20-22-24-25-26-28-29-31-33-35-37-39-41-43-50(53)57-47-49(48-59-61(55,56)58-46-45-52(3,4)5)60-51(54)44-42-40-38-36-34-32-30-27-23-21-19-17-15-13-11-9-7-2/h30,32,36,38,49H,6-29,31,33-35,37,39-48H2,1-5H3/p+1/b32-30+,38-36+/t49-/m1/s1. The van der Waals surface area contributed by atoms with Crippen LogP contribution >= 0.6 is 7.82 Å². The van der Waals surface area contributed by atoms with Gasteiger partial charge in [0.05, 0.1) is 27.7 Å². The number of phosphoric acid groups is 1. The Kier molecular flexibility index (Phi) is 42.6. The fourth-order valence-electron chi connectivity index (χ4n) is 7.23. The zero-order chi connectivity index (χ0) is 45.0. The molecule has 0 aromatic carbocycles. The number of rotatable bonds is 47. The molecular weight excluding hydrogens is 786 g/mol. The Hall–Kier alpha value is -1.51. The third kappa shape index (κ3) is 47.8. The van der Waals surface area contributed by atoms with Gasteiger partial charge in [0.15, 0.2) is 6.10 Å². The van der Waals surface area contributed by atoms with Crippen LogP contribution in [0.25, 0.3) is 0 Å². The number of ether oxygens (including phenoxy) is 2. The van der Waals surface area contributed by atoms with Crippen molar-refractivity contribution in [2.75, 3.05) is 47.5 Å². The predicted octanol–water partition coefficient (Wildman–Crippen LogP) is 15.1. The Bertz CT molecular complexity index is 1090. The van der Waals surface area contributed by atoms with Gasteiger partial charge in [0.2, 0.25) is 0 Å². The molecule has 0 aromatic heterocycles. The fourth-order valence-corrected chi connectivity index (χ4v) is 7.97. The minimum Gasteiger partial charge on any atom is -0.462 e. The fraction of sp³-hybridized carbons (Fsp3) is 0.882. The van der Waals surface area contributed by atoms with Crippen LogP contribution in [0.2, 0.25) is 0 Å². The van der Waals surface area contributed by atoms with Gasteiger partial charge in [-0.2, -0.15) is 0 Å². The van der Waals surface area contributed by atoms with E-state index in [4.69, 9.17) is 18.5 Å². The number of carbonyl (C=O) groups excluding carboxylic acids is 2. The Morgan fingerprint density at radius 2 is 0.902 bits per heavy atom. The molecule has 9 nitrogen and oxygen atoms in total. The molecule has 0 aliphatic carbocycles. The summed E-state index contributed by atoms with van der Waals surface area (Å²) >= 11 is 0. The average molecular weight is 885 g/mol. The van der Waals surface area contributed by atoms with Crippen LogP contribution < -0.4 is 0 Å². The lowest BCUT2D eigenvalue weighted by Gasteiger charge is -2.24. The second-order valence-electron chi connectivity index (χ2n) is 18.6. The third-order valence-electron chi connectivity index (χ3n) is 11.2. The van der Waals surface area contributed by atoms with Crippen LogP contribution in [-0.4, -0.2) is 74.9 Å². The highest BCUT2D eigenvalue weighted by Gasteiger charge is 2.27. The van der Waals surface area contributed by atoms with Crippen LogP contribution in [0, 0.1) is 0 Å². The van der Waals surface area contributed by atoms with Crippen molar-refractivity contribution in [1.82, 2.24) is 0 Å². The largest absolute Gasteiger partial charge is 0.472 e. The number of quaternary nitrogens is 1. The van der Waals surface area contributed by atoms with E-state index in [-0.39, 0.29) is 32.0 Å². The van der Waals surface area contributed by atoms with Crippen LogP contribution in [0.1, 0.15) is 239 Å². The molecule has 0 aromatic rings. The first kappa shape index (κ1) is 59.5. The summed E-state index contributed by atoms with van der Waals surface area (Å²) in [6, 6.07) is 0. The summed E-state index contributed by atoms with van der Waals surface area (Å²) in [6.45, 7) is 4.42. The van der Waals surface area contributed by atoms with E-state index in [2.05, 4.69) is 38.2 Å². The normalized spacial score (nSPS) is 13.6. The summed E-state index contributed by atoms with van der Waals surface area (Å²) in [4.78, 5) is 35.5. The molecule has 61 heavy (non-hydrogen) atoms. The van der Waals surface area contributed by atoms with Crippen molar-refractivity contribution in [3.63, 3.8) is 0 Å². The van der Waals surface area contributed by atoms with E-state index in [1.165, 1.54) is 167 Å². The number of hydrogen-bond acceptors (Lipinski definition) is 7. The molecule has 0 fully saturated rings. The SMILES string of the molecule is CCCCCCCCCCC/C=C/C/C=C/CCCC(=O)O[C@H](COC(=O)CCCCCCCCCCCCCCCCCCCCCC)COP(=O)(O)OCC[N+](C)(C)C. The van der Waals surface area contributed by atoms with E-state index in [1.54, 1.807) is 0 Å². The molecule has 0 radical (unpaired) electrons. The molecule has 360 valence electrons. The lowest BCUT2D eigenvalue weighted by Crippen LogP contribution is -2.37. The van der Waals surface area contributed by atoms with Crippen LogP contribution in [0.5, 0.6) is 0 Å². The first-order valence-corrected chi connectivity index (χ1v) is 27.1. The van der Waals surface area contributed by atoms with Gasteiger partial charge < -0.3 is 18.9 Å². The highest BCUT2D eigenvalue weighted by atomic mass is 31.2. The van der Waals surface area contributed by atoms with Crippen LogP contribution in [0.15, 0.2) is 24.3 Å². The molecule has 0 saturated carbocycles. The first-order chi connectivity index (χ1) is 29.5. The molecule has 0 spiro atoms. The lowest BCUT2D eigenvalue weighted by molar-refractivity contribution is -0.870. The lowest BCUT2D eigenvalue weighted by atomic mass is 10.0. The quantitative estimate of drug-likeness (QED) is 0.0212. The highest BCUT2D eigenvalue weighted by Crippen LogP contribution is 2.43. The maximum Gasteiger partial charge on any atom is 0.472 e. The van der Waals surface area contributed by atoms with Crippen molar-refractivity contribution in [2.45, 2.75) is 245 Å². The number of allylic oxidation sites excluding steroid dienone is 4. The summed E-state index contributed by atoms with van der Waals surface area (Å²) < 4.78 is 34.4. The van der Waals surface area contributed by atoms with E-state index in [0.717, 1.165) is 38.5 Å². The molecule has 0 rings (SSSR count). The molecular formula is C51H99NO8P+. The Morgan fingerprint density at radius 1 is 0.508 bits per heavy atom. The predicted molar refractivity (Wildman–Crippen MR) is 257 cm³/mol. The van der Waals surface area contributed by atoms with Gasteiger partial charge in [-0.25, -0.2) is 4.57 Å². The van der Waals surface area contributed by atoms with E-state index < -0.39 is 26.5 Å². The van der Waals surface area contributed by atoms with E-state index in [0.29, 0.717) is 17.4 Å². The van der Waals surface area contributed by atoms with Gasteiger partial charge in [-0.3, -0.25) is 18.6 Å².